The van der Waals surface area contributed by atoms with E-state index in [0.717, 1.165) is 51.4 Å². The lowest BCUT2D eigenvalue weighted by Gasteiger charge is -2.28. The molecule has 7 nitrogen and oxygen atoms in total. The van der Waals surface area contributed by atoms with Crippen LogP contribution >= 0.6 is 0 Å². The van der Waals surface area contributed by atoms with Gasteiger partial charge in [0, 0.05) is 38.6 Å². The molecule has 1 unspecified atom stereocenters. The number of nitrogens with one attached hydrogen (secondary N) is 1. The van der Waals surface area contributed by atoms with Crippen molar-refractivity contribution in [1.82, 2.24) is 15.2 Å². The average molecular weight is 402 g/mol. The van der Waals surface area contributed by atoms with Gasteiger partial charge in [-0.05, 0) is 42.3 Å². The minimum atomic E-state index is -0.549. The Morgan fingerprint density at radius 3 is 2.83 bits per heavy atom. The van der Waals surface area contributed by atoms with E-state index in [1.165, 1.54) is 5.56 Å². The molecule has 2 aromatic rings. The van der Waals surface area contributed by atoms with Gasteiger partial charge in [-0.2, -0.15) is 0 Å². The molecule has 158 valence electrons. The maximum atomic E-state index is 10.3. The first-order valence-electron chi connectivity index (χ1n) is 10.1. The highest BCUT2D eigenvalue weighted by molar-refractivity contribution is 5.43. The van der Waals surface area contributed by atoms with Crippen LogP contribution in [-0.2, 0) is 17.7 Å². The minimum absolute atomic E-state index is 0.233. The molecule has 0 spiro atoms. The maximum Gasteiger partial charge on any atom is 0.161 e. The van der Waals surface area contributed by atoms with Gasteiger partial charge in [-0.25, -0.2) is 0 Å². The fraction of sp³-hybridized carbons (Fsp3) is 0.500. The van der Waals surface area contributed by atoms with Gasteiger partial charge in [-0.1, -0.05) is 12.1 Å². The molecule has 1 aromatic carbocycles. The maximum absolute atomic E-state index is 10.3. The Labute approximate surface area is 172 Å². The van der Waals surface area contributed by atoms with E-state index in [0.29, 0.717) is 18.0 Å². The fourth-order valence-electron chi connectivity index (χ4n) is 3.27. The largest absolute Gasteiger partial charge is 0.493 e. The molecule has 29 heavy (non-hydrogen) atoms. The number of hydrogen-bond donors (Lipinski definition) is 2. The lowest BCUT2D eigenvalue weighted by Crippen LogP contribution is -2.42. The third-order valence-electron chi connectivity index (χ3n) is 4.87. The van der Waals surface area contributed by atoms with E-state index < -0.39 is 6.10 Å². The zero-order chi connectivity index (χ0) is 20.3. The molecular weight excluding hydrogens is 370 g/mol. The summed E-state index contributed by atoms with van der Waals surface area (Å²) in [7, 11) is 1.63. The Morgan fingerprint density at radius 2 is 2.07 bits per heavy atom. The van der Waals surface area contributed by atoms with Crippen LogP contribution in [0.25, 0.3) is 0 Å². The average Bonchev–Trinajstić information content (AvgIpc) is 2.77. The smallest absolute Gasteiger partial charge is 0.161 e. The van der Waals surface area contributed by atoms with Crippen molar-refractivity contribution in [3.8, 4) is 11.5 Å². The monoisotopic (exact) mass is 401 g/mol. The molecule has 7 heteroatoms. The van der Waals surface area contributed by atoms with Gasteiger partial charge in [0.25, 0.3) is 0 Å². The molecule has 1 saturated heterocycles. The van der Waals surface area contributed by atoms with E-state index in [1.807, 2.05) is 30.5 Å². The topological polar surface area (TPSA) is 76.1 Å². The molecule has 1 aliphatic rings. The lowest BCUT2D eigenvalue weighted by molar-refractivity contribution is 0.00445. The number of nitrogens with zero attached hydrogens (tertiary/aromatic N) is 2. The number of aliphatic hydroxyl groups is 1. The van der Waals surface area contributed by atoms with Gasteiger partial charge in [0.05, 0.1) is 20.3 Å². The molecule has 1 aliphatic heterocycles. The first kappa shape index (κ1) is 21.5. The van der Waals surface area contributed by atoms with Crippen LogP contribution in [0.4, 0.5) is 0 Å². The van der Waals surface area contributed by atoms with Crippen molar-refractivity contribution in [3.63, 3.8) is 0 Å². The number of benzene rings is 1. The molecule has 0 amide bonds. The van der Waals surface area contributed by atoms with Crippen molar-refractivity contribution in [2.24, 2.45) is 0 Å². The Kier molecular flexibility index (Phi) is 8.70. The number of aromatic nitrogens is 1. The number of pyridine rings is 1. The van der Waals surface area contributed by atoms with Crippen molar-refractivity contribution >= 4 is 0 Å². The minimum Gasteiger partial charge on any atom is -0.493 e. The second kappa shape index (κ2) is 11.7. The third-order valence-corrected chi connectivity index (χ3v) is 4.87. The van der Waals surface area contributed by atoms with Crippen molar-refractivity contribution in [2.75, 3.05) is 53.1 Å². The van der Waals surface area contributed by atoms with Gasteiger partial charge in [-0.3, -0.25) is 9.88 Å². The number of hydrogen-bond acceptors (Lipinski definition) is 7. The predicted molar refractivity (Wildman–Crippen MR) is 111 cm³/mol. The number of β-amino-alcohol motifs (C(OH)–C–C–N with tert-alkyl or cyclic N) is 1. The molecule has 1 atom stereocenters. The van der Waals surface area contributed by atoms with Crippen LogP contribution in [-0.4, -0.2) is 74.2 Å². The normalized spacial score (nSPS) is 15.8. The summed E-state index contributed by atoms with van der Waals surface area (Å²) in [5.74, 6) is 1.32. The van der Waals surface area contributed by atoms with Gasteiger partial charge in [0.15, 0.2) is 11.5 Å². The van der Waals surface area contributed by atoms with E-state index in [9.17, 15) is 5.11 Å². The zero-order valence-electron chi connectivity index (χ0n) is 17.0. The molecule has 0 radical (unpaired) electrons. The number of ether oxygens (including phenoxy) is 3. The van der Waals surface area contributed by atoms with E-state index in [1.54, 1.807) is 13.3 Å². The van der Waals surface area contributed by atoms with Crippen LogP contribution in [0.2, 0.25) is 0 Å². The highest BCUT2D eigenvalue weighted by atomic mass is 16.5. The van der Waals surface area contributed by atoms with E-state index >= 15 is 0 Å². The van der Waals surface area contributed by atoms with Gasteiger partial charge < -0.3 is 24.6 Å². The second-order valence-electron chi connectivity index (χ2n) is 7.15. The second-order valence-corrected chi connectivity index (χ2v) is 7.15. The SMILES string of the molecule is COc1cc(CNCCc2cccnc2)ccc1OCC(O)CN1CCOCC1. The lowest BCUT2D eigenvalue weighted by atomic mass is 10.2. The fourth-order valence-corrected chi connectivity index (χ4v) is 3.27. The van der Waals surface area contributed by atoms with Crippen LogP contribution in [0, 0.1) is 0 Å². The summed E-state index contributed by atoms with van der Waals surface area (Å²) in [6, 6.07) is 9.93. The predicted octanol–water partition coefficient (Wildman–Crippen LogP) is 1.49. The number of rotatable bonds is 11. The van der Waals surface area contributed by atoms with E-state index in [2.05, 4.69) is 21.3 Å². The molecule has 2 heterocycles. The van der Waals surface area contributed by atoms with Gasteiger partial charge in [0.1, 0.15) is 12.7 Å². The van der Waals surface area contributed by atoms with Gasteiger partial charge in [0.2, 0.25) is 0 Å². The molecule has 0 aliphatic carbocycles. The molecule has 0 bridgehead atoms. The highest BCUT2D eigenvalue weighted by Crippen LogP contribution is 2.28. The van der Waals surface area contributed by atoms with E-state index in [-0.39, 0.29) is 6.61 Å². The van der Waals surface area contributed by atoms with Crippen molar-refractivity contribution in [1.29, 1.82) is 0 Å². The van der Waals surface area contributed by atoms with Crippen LogP contribution in [0.3, 0.4) is 0 Å². The summed E-state index contributed by atoms with van der Waals surface area (Å²) in [5.41, 5.74) is 2.34. The quantitative estimate of drug-likeness (QED) is 0.553. The molecule has 3 rings (SSSR count). The first-order chi connectivity index (χ1) is 14.2. The Balaban J connectivity index is 1.42. The summed E-state index contributed by atoms with van der Waals surface area (Å²) >= 11 is 0. The van der Waals surface area contributed by atoms with Crippen LogP contribution in [0.15, 0.2) is 42.7 Å². The molecule has 1 fully saturated rings. The Morgan fingerprint density at radius 1 is 1.21 bits per heavy atom. The Bertz CT molecular complexity index is 723. The van der Waals surface area contributed by atoms with Gasteiger partial charge in [-0.15, -0.1) is 0 Å². The number of methoxy groups -OCH3 is 1. The summed E-state index contributed by atoms with van der Waals surface area (Å²) in [4.78, 5) is 6.32. The van der Waals surface area contributed by atoms with Crippen molar-refractivity contribution < 1.29 is 19.3 Å². The molecular formula is C22H31N3O4. The van der Waals surface area contributed by atoms with E-state index in [4.69, 9.17) is 14.2 Å². The Hall–Kier alpha value is -2.19. The standard InChI is InChI=1S/C22H31N3O4/c1-27-22-13-19(15-24-8-6-18-3-2-7-23-14-18)4-5-21(22)29-17-20(26)16-25-9-11-28-12-10-25/h2-5,7,13-14,20,24,26H,6,8-12,15-17H2,1H3. The van der Waals surface area contributed by atoms with Crippen LogP contribution < -0.4 is 14.8 Å². The summed E-state index contributed by atoms with van der Waals surface area (Å²) < 4.78 is 16.6. The molecule has 0 saturated carbocycles. The van der Waals surface area contributed by atoms with Gasteiger partial charge >= 0.3 is 0 Å². The summed E-state index contributed by atoms with van der Waals surface area (Å²) in [6.07, 6.45) is 4.07. The van der Waals surface area contributed by atoms with Crippen LogP contribution in [0.1, 0.15) is 11.1 Å². The molecule has 2 N–H and O–H groups in total. The zero-order valence-corrected chi connectivity index (χ0v) is 17.0. The third kappa shape index (κ3) is 7.29. The number of morpholine rings is 1. The highest BCUT2D eigenvalue weighted by Gasteiger charge is 2.16. The summed E-state index contributed by atoms with van der Waals surface area (Å²) in [5, 5.41) is 13.7. The van der Waals surface area contributed by atoms with Crippen molar-refractivity contribution in [2.45, 2.75) is 19.1 Å². The molecule has 1 aromatic heterocycles. The summed E-state index contributed by atoms with van der Waals surface area (Å²) in [6.45, 7) is 5.58. The van der Waals surface area contributed by atoms with Crippen molar-refractivity contribution in [3.05, 3.63) is 53.9 Å². The van der Waals surface area contributed by atoms with Crippen LogP contribution in [0.5, 0.6) is 11.5 Å². The first-order valence-corrected chi connectivity index (χ1v) is 10.1. The number of aliphatic hydroxyl groups excluding tert-OH is 1.